The minimum absolute atomic E-state index is 0.154. The number of nitrogens with two attached hydrogens (primary N) is 2. The lowest BCUT2D eigenvalue weighted by Crippen LogP contribution is -2.40. The summed E-state index contributed by atoms with van der Waals surface area (Å²) in [5.41, 5.74) is 13.4. The Bertz CT molecular complexity index is 859. The van der Waals surface area contributed by atoms with E-state index in [2.05, 4.69) is 15.3 Å². The third-order valence-electron chi connectivity index (χ3n) is 5.82. The van der Waals surface area contributed by atoms with Crippen LogP contribution in [-0.4, -0.2) is 61.6 Å². The summed E-state index contributed by atoms with van der Waals surface area (Å²) in [4.78, 5) is 20.4. The standard InChI is InChI=1S/C20H32N6O4/c1-3-11(5-6-13(22)19(29)23-4-2)9-14-16(27)17(28)20(30-14)26-10-25-15-12(21)7-8-24-18(15)26/h7-8,10-11,13-14,16-17,20,27-28H,3-6,9,22H2,1-2H3,(H2,21,24)(H,23,29)/t11-,13?,14+,16?,17-,20+/m0/s1. The van der Waals surface area contributed by atoms with Gasteiger partial charge in [0.25, 0.3) is 0 Å². The van der Waals surface area contributed by atoms with E-state index >= 15 is 0 Å². The molecule has 3 rings (SSSR count). The van der Waals surface area contributed by atoms with Crippen LogP contribution >= 0.6 is 0 Å². The molecule has 3 heterocycles. The summed E-state index contributed by atoms with van der Waals surface area (Å²) >= 11 is 0. The van der Waals surface area contributed by atoms with Crippen LogP contribution in [0.5, 0.6) is 0 Å². The predicted molar refractivity (Wildman–Crippen MR) is 112 cm³/mol. The van der Waals surface area contributed by atoms with Crippen LogP contribution in [0.25, 0.3) is 11.2 Å². The van der Waals surface area contributed by atoms with Crippen molar-refractivity contribution in [2.75, 3.05) is 12.3 Å². The molecular formula is C20H32N6O4. The van der Waals surface area contributed by atoms with E-state index < -0.39 is 30.6 Å². The van der Waals surface area contributed by atoms with E-state index in [1.54, 1.807) is 16.8 Å². The normalized spacial score (nSPS) is 26.0. The second kappa shape index (κ2) is 9.69. The van der Waals surface area contributed by atoms with Crippen molar-refractivity contribution in [3.63, 3.8) is 0 Å². The van der Waals surface area contributed by atoms with Crippen LogP contribution in [-0.2, 0) is 9.53 Å². The first kappa shape index (κ1) is 22.4. The highest BCUT2D eigenvalue weighted by atomic mass is 16.6. The number of hydrogen-bond donors (Lipinski definition) is 5. The number of carbonyl (C=O) groups is 1. The number of imidazole rings is 1. The molecule has 2 aromatic rings. The number of aliphatic hydroxyl groups is 2. The van der Waals surface area contributed by atoms with E-state index in [0.717, 1.165) is 12.8 Å². The van der Waals surface area contributed by atoms with Gasteiger partial charge >= 0.3 is 0 Å². The SMILES string of the molecule is CCNC(=O)C(N)CC[C@H](CC)C[C@H]1O[C@@H](n2cnc3c(N)ccnc32)[C@@H](O)C1O. The first-order valence-corrected chi connectivity index (χ1v) is 10.5. The molecule has 1 aliphatic rings. The minimum atomic E-state index is -1.12. The van der Waals surface area contributed by atoms with Gasteiger partial charge in [0, 0.05) is 12.7 Å². The lowest BCUT2D eigenvalue weighted by atomic mass is 9.90. The Balaban J connectivity index is 1.65. The Morgan fingerprint density at radius 1 is 1.30 bits per heavy atom. The smallest absolute Gasteiger partial charge is 0.236 e. The van der Waals surface area contributed by atoms with Crippen molar-refractivity contribution in [1.29, 1.82) is 0 Å². The molecule has 2 aromatic heterocycles. The molecule has 0 radical (unpaired) electrons. The van der Waals surface area contributed by atoms with Gasteiger partial charge in [-0.1, -0.05) is 13.3 Å². The highest BCUT2D eigenvalue weighted by Gasteiger charge is 2.44. The number of nitrogens with zero attached hydrogens (tertiary/aromatic N) is 3. The second-order valence-electron chi connectivity index (χ2n) is 7.86. The van der Waals surface area contributed by atoms with E-state index in [1.807, 2.05) is 13.8 Å². The molecule has 30 heavy (non-hydrogen) atoms. The van der Waals surface area contributed by atoms with Gasteiger partial charge in [0.15, 0.2) is 11.9 Å². The number of anilines is 1. The summed E-state index contributed by atoms with van der Waals surface area (Å²) in [7, 11) is 0. The number of likely N-dealkylation sites (N-methyl/N-ethyl adjacent to an activating group) is 1. The fourth-order valence-corrected chi connectivity index (χ4v) is 3.96. The highest BCUT2D eigenvalue weighted by molar-refractivity contribution is 5.83. The van der Waals surface area contributed by atoms with E-state index in [-0.39, 0.29) is 11.8 Å². The molecule has 10 heteroatoms. The zero-order valence-corrected chi connectivity index (χ0v) is 17.4. The molecule has 1 amide bonds. The first-order valence-electron chi connectivity index (χ1n) is 10.5. The van der Waals surface area contributed by atoms with Crippen molar-refractivity contribution < 1.29 is 19.7 Å². The van der Waals surface area contributed by atoms with Gasteiger partial charge in [-0.05, 0) is 38.2 Å². The van der Waals surface area contributed by atoms with Gasteiger partial charge in [0.1, 0.15) is 17.7 Å². The molecule has 1 aliphatic heterocycles. The number of carbonyl (C=O) groups excluding carboxylic acids is 1. The molecule has 0 bridgehead atoms. The molecular weight excluding hydrogens is 388 g/mol. The maximum absolute atomic E-state index is 11.8. The number of fused-ring (bicyclic) bond motifs is 1. The number of ether oxygens (including phenoxy) is 1. The molecule has 1 saturated heterocycles. The Hall–Kier alpha value is -2.27. The average Bonchev–Trinajstić information content (AvgIpc) is 3.28. The maximum atomic E-state index is 11.8. The summed E-state index contributed by atoms with van der Waals surface area (Å²) < 4.78 is 7.64. The Labute approximate surface area is 175 Å². The number of nitrogen functional groups attached to an aromatic ring is 1. The van der Waals surface area contributed by atoms with E-state index in [4.69, 9.17) is 16.2 Å². The molecule has 0 saturated carbocycles. The van der Waals surface area contributed by atoms with Crippen LogP contribution < -0.4 is 16.8 Å². The maximum Gasteiger partial charge on any atom is 0.236 e. The van der Waals surface area contributed by atoms with Gasteiger partial charge in [-0.2, -0.15) is 0 Å². The van der Waals surface area contributed by atoms with Crippen molar-refractivity contribution >= 4 is 22.8 Å². The van der Waals surface area contributed by atoms with Crippen molar-refractivity contribution in [3.8, 4) is 0 Å². The molecule has 7 N–H and O–H groups in total. The second-order valence-corrected chi connectivity index (χ2v) is 7.86. The Morgan fingerprint density at radius 3 is 2.77 bits per heavy atom. The lowest BCUT2D eigenvalue weighted by Gasteiger charge is -2.22. The quantitative estimate of drug-likeness (QED) is 0.387. The minimum Gasteiger partial charge on any atom is -0.397 e. The van der Waals surface area contributed by atoms with Crippen molar-refractivity contribution in [1.82, 2.24) is 19.9 Å². The van der Waals surface area contributed by atoms with E-state index in [0.29, 0.717) is 36.2 Å². The molecule has 2 unspecified atom stereocenters. The third-order valence-corrected chi connectivity index (χ3v) is 5.82. The molecule has 0 spiro atoms. The van der Waals surface area contributed by atoms with E-state index in [1.165, 1.54) is 6.33 Å². The zero-order valence-electron chi connectivity index (χ0n) is 17.4. The van der Waals surface area contributed by atoms with Gasteiger partial charge in [-0.25, -0.2) is 9.97 Å². The molecule has 1 fully saturated rings. The Morgan fingerprint density at radius 2 is 2.07 bits per heavy atom. The number of pyridine rings is 1. The van der Waals surface area contributed by atoms with Gasteiger partial charge in [-0.15, -0.1) is 0 Å². The van der Waals surface area contributed by atoms with Crippen molar-refractivity contribution in [2.45, 2.75) is 70.1 Å². The molecule has 6 atom stereocenters. The number of amides is 1. The van der Waals surface area contributed by atoms with Gasteiger partial charge in [0.05, 0.1) is 24.2 Å². The van der Waals surface area contributed by atoms with Crippen LogP contribution in [0, 0.1) is 5.92 Å². The van der Waals surface area contributed by atoms with E-state index in [9.17, 15) is 15.0 Å². The fourth-order valence-electron chi connectivity index (χ4n) is 3.96. The number of rotatable bonds is 9. The molecule has 166 valence electrons. The highest BCUT2D eigenvalue weighted by Crippen LogP contribution is 2.35. The topological polar surface area (TPSA) is 162 Å². The van der Waals surface area contributed by atoms with Crippen LogP contribution in [0.2, 0.25) is 0 Å². The summed E-state index contributed by atoms with van der Waals surface area (Å²) in [6.45, 7) is 4.45. The van der Waals surface area contributed by atoms with Crippen LogP contribution in [0.3, 0.4) is 0 Å². The molecule has 0 aromatic carbocycles. The van der Waals surface area contributed by atoms with Crippen LogP contribution in [0.1, 0.15) is 45.8 Å². The summed E-state index contributed by atoms with van der Waals surface area (Å²) in [6, 6.07) is 1.10. The van der Waals surface area contributed by atoms with Crippen molar-refractivity contribution in [2.24, 2.45) is 11.7 Å². The van der Waals surface area contributed by atoms with Gasteiger partial charge in [0.2, 0.25) is 5.91 Å². The number of nitrogens with one attached hydrogen (secondary N) is 1. The number of hydrogen-bond acceptors (Lipinski definition) is 8. The summed E-state index contributed by atoms with van der Waals surface area (Å²) in [5, 5.41) is 23.9. The van der Waals surface area contributed by atoms with Gasteiger partial charge < -0.3 is 31.7 Å². The van der Waals surface area contributed by atoms with Crippen LogP contribution in [0.15, 0.2) is 18.6 Å². The van der Waals surface area contributed by atoms with Crippen LogP contribution in [0.4, 0.5) is 5.69 Å². The predicted octanol–water partition coefficient (Wildman–Crippen LogP) is 0.293. The van der Waals surface area contributed by atoms with Gasteiger partial charge in [-0.3, -0.25) is 9.36 Å². The monoisotopic (exact) mass is 420 g/mol. The third kappa shape index (κ3) is 4.56. The first-order chi connectivity index (χ1) is 14.4. The summed E-state index contributed by atoms with van der Waals surface area (Å²) in [6.07, 6.45) is 2.24. The number of aliphatic hydroxyl groups excluding tert-OH is 2. The largest absolute Gasteiger partial charge is 0.397 e. The molecule has 10 nitrogen and oxygen atoms in total. The average molecular weight is 421 g/mol. The zero-order chi connectivity index (χ0) is 21.8. The Kier molecular flexibility index (Phi) is 7.24. The lowest BCUT2D eigenvalue weighted by molar-refractivity contribution is -0.122. The number of aromatic nitrogens is 3. The van der Waals surface area contributed by atoms with Crippen molar-refractivity contribution in [3.05, 3.63) is 18.6 Å². The fraction of sp³-hybridized carbons (Fsp3) is 0.650. The molecule has 0 aliphatic carbocycles. The summed E-state index contributed by atoms with van der Waals surface area (Å²) in [5.74, 6) is 0.0446.